The Morgan fingerprint density at radius 1 is 0.459 bits per heavy atom. The first kappa shape index (κ1) is 30.9. The predicted molar refractivity (Wildman–Crippen MR) is 163 cm³/mol. The molecule has 0 radical (unpaired) electrons. The van der Waals surface area contributed by atoms with E-state index in [9.17, 15) is 0 Å². The van der Waals surface area contributed by atoms with Crippen molar-refractivity contribution in [2.75, 3.05) is 6.67 Å². The third kappa shape index (κ3) is 6.74. The summed E-state index contributed by atoms with van der Waals surface area (Å²) >= 11 is 0. The zero-order chi connectivity index (χ0) is 26.9. The molecule has 0 aromatic heterocycles. The highest BCUT2D eigenvalue weighted by Crippen LogP contribution is 2.48. The molecule has 3 aliphatic rings. The first-order valence-corrected chi connectivity index (χ1v) is 17.2. The Morgan fingerprint density at radius 3 is 0.919 bits per heavy atom. The van der Waals surface area contributed by atoms with Gasteiger partial charge in [-0.3, -0.25) is 0 Å². The molecule has 0 aromatic carbocycles. The van der Waals surface area contributed by atoms with E-state index in [0.29, 0.717) is 0 Å². The Kier molecular flexibility index (Phi) is 12.7. The monoisotopic (exact) mass is 515 g/mol. The highest BCUT2D eigenvalue weighted by molar-refractivity contribution is 5.06. The largest absolute Gasteiger partial charge is 0.355 e. The SMILES string of the molecule is CCC(CC)C1CCCC(C(CC)CC)C1N1C=CN(C2C(C(CC)CC)CCCC2C(CC)CC)C1. The molecule has 0 amide bonds. The van der Waals surface area contributed by atoms with Crippen LogP contribution in [0.3, 0.4) is 0 Å². The fourth-order valence-corrected chi connectivity index (χ4v) is 9.96. The topological polar surface area (TPSA) is 6.48 Å². The van der Waals surface area contributed by atoms with Crippen molar-refractivity contribution in [3.63, 3.8) is 0 Å². The van der Waals surface area contributed by atoms with E-state index in [-0.39, 0.29) is 0 Å². The molecule has 0 N–H and O–H groups in total. The van der Waals surface area contributed by atoms with Gasteiger partial charge in [0.25, 0.3) is 0 Å². The molecule has 0 saturated heterocycles. The van der Waals surface area contributed by atoms with Crippen molar-refractivity contribution in [2.45, 2.75) is 157 Å². The van der Waals surface area contributed by atoms with E-state index < -0.39 is 0 Å². The Morgan fingerprint density at radius 2 is 0.703 bits per heavy atom. The van der Waals surface area contributed by atoms with Crippen molar-refractivity contribution >= 4 is 0 Å². The van der Waals surface area contributed by atoms with E-state index in [1.807, 2.05) is 0 Å². The first-order chi connectivity index (χ1) is 18.0. The summed E-state index contributed by atoms with van der Waals surface area (Å²) in [5.41, 5.74) is 0. The van der Waals surface area contributed by atoms with Crippen LogP contribution in [0.15, 0.2) is 12.4 Å². The normalized spacial score (nSPS) is 31.0. The molecule has 0 aromatic rings. The van der Waals surface area contributed by atoms with Gasteiger partial charge in [-0.05, 0) is 73.0 Å². The highest BCUT2D eigenvalue weighted by atomic mass is 15.4. The summed E-state index contributed by atoms with van der Waals surface area (Å²) in [6, 6.07) is 1.48. The van der Waals surface area contributed by atoms with Gasteiger partial charge in [-0.15, -0.1) is 0 Å². The molecule has 3 rings (SSSR count). The van der Waals surface area contributed by atoms with Crippen LogP contribution in [-0.2, 0) is 0 Å². The van der Waals surface area contributed by atoms with Gasteiger partial charge in [0.2, 0.25) is 0 Å². The van der Waals surface area contributed by atoms with Gasteiger partial charge in [0.1, 0.15) is 0 Å². The second kappa shape index (κ2) is 15.2. The lowest BCUT2D eigenvalue weighted by Gasteiger charge is -2.51. The molecule has 4 atom stereocenters. The minimum atomic E-state index is 0.742. The van der Waals surface area contributed by atoms with Crippen LogP contribution in [0.1, 0.15) is 145 Å². The van der Waals surface area contributed by atoms with Crippen LogP contribution in [-0.4, -0.2) is 28.6 Å². The van der Waals surface area contributed by atoms with Gasteiger partial charge in [0.05, 0.1) is 6.67 Å². The van der Waals surface area contributed by atoms with E-state index >= 15 is 0 Å². The van der Waals surface area contributed by atoms with Gasteiger partial charge in [-0.1, -0.05) is 120 Å². The van der Waals surface area contributed by atoms with Crippen LogP contribution in [0.4, 0.5) is 0 Å². The minimum absolute atomic E-state index is 0.742. The molecular weight excluding hydrogens is 448 g/mol. The lowest BCUT2D eigenvalue weighted by Crippen LogP contribution is -2.54. The van der Waals surface area contributed by atoms with E-state index in [0.717, 1.165) is 66.1 Å². The van der Waals surface area contributed by atoms with Gasteiger partial charge < -0.3 is 9.80 Å². The minimum Gasteiger partial charge on any atom is -0.355 e. The third-order valence-electron chi connectivity index (χ3n) is 12.1. The second-order valence-corrected chi connectivity index (χ2v) is 13.3. The molecule has 2 heteroatoms. The maximum atomic E-state index is 2.90. The molecule has 2 aliphatic carbocycles. The van der Waals surface area contributed by atoms with Crippen LogP contribution in [0.5, 0.6) is 0 Å². The molecule has 2 fully saturated rings. The van der Waals surface area contributed by atoms with Gasteiger partial charge in [0.15, 0.2) is 0 Å². The van der Waals surface area contributed by atoms with E-state index in [2.05, 4.69) is 77.6 Å². The van der Waals surface area contributed by atoms with Crippen LogP contribution in [0.25, 0.3) is 0 Å². The summed E-state index contributed by atoms with van der Waals surface area (Å²) in [4.78, 5) is 5.79. The third-order valence-corrected chi connectivity index (χ3v) is 12.1. The van der Waals surface area contributed by atoms with Crippen LogP contribution in [0.2, 0.25) is 0 Å². The maximum Gasteiger partial charge on any atom is 0.0899 e. The van der Waals surface area contributed by atoms with Crippen LogP contribution >= 0.6 is 0 Å². The number of hydrogen-bond acceptors (Lipinski definition) is 2. The lowest BCUT2D eigenvalue weighted by atomic mass is 9.64. The molecule has 4 unspecified atom stereocenters. The molecule has 2 nitrogen and oxygen atoms in total. The summed E-state index contributed by atoms with van der Waals surface area (Å²) in [7, 11) is 0. The predicted octanol–water partition coefficient (Wildman–Crippen LogP) is 10.3. The second-order valence-electron chi connectivity index (χ2n) is 13.3. The van der Waals surface area contributed by atoms with Crippen molar-refractivity contribution < 1.29 is 0 Å². The van der Waals surface area contributed by atoms with E-state index in [4.69, 9.17) is 0 Å². The van der Waals surface area contributed by atoms with Gasteiger partial charge in [-0.2, -0.15) is 0 Å². The van der Waals surface area contributed by atoms with Gasteiger partial charge >= 0.3 is 0 Å². The first-order valence-electron chi connectivity index (χ1n) is 17.2. The molecule has 1 aliphatic heterocycles. The Bertz CT molecular complexity index is 548. The highest BCUT2D eigenvalue weighted by Gasteiger charge is 2.46. The number of rotatable bonds is 14. The van der Waals surface area contributed by atoms with Gasteiger partial charge in [-0.25, -0.2) is 0 Å². The van der Waals surface area contributed by atoms with E-state index in [1.165, 1.54) is 89.9 Å². The van der Waals surface area contributed by atoms with E-state index in [1.54, 1.807) is 0 Å². The Balaban J connectivity index is 1.92. The Labute approximate surface area is 233 Å². The van der Waals surface area contributed by atoms with Crippen molar-refractivity contribution in [2.24, 2.45) is 47.3 Å². The summed E-state index contributed by atoms with van der Waals surface area (Å²) in [5, 5.41) is 0. The fourth-order valence-electron chi connectivity index (χ4n) is 9.96. The average molecular weight is 515 g/mol. The van der Waals surface area contributed by atoms with Gasteiger partial charge in [0, 0.05) is 24.5 Å². The number of hydrogen-bond donors (Lipinski definition) is 0. The summed E-state index contributed by atoms with van der Waals surface area (Å²) in [5.74, 6) is 7.01. The molecule has 37 heavy (non-hydrogen) atoms. The molecular formula is C35H66N2. The zero-order valence-electron chi connectivity index (χ0n) is 26.4. The van der Waals surface area contributed by atoms with Crippen LogP contribution < -0.4 is 0 Å². The zero-order valence-corrected chi connectivity index (χ0v) is 26.4. The molecule has 0 bridgehead atoms. The van der Waals surface area contributed by atoms with Crippen molar-refractivity contribution in [3.05, 3.63) is 12.4 Å². The molecule has 1 heterocycles. The molecule has 0 spiro atoms. The van der Waals surface area contributed by atoms with Crippen LogP contribution in [0, 0.1) is 47.3 Å². The summed E-state index contributed by atoms with van der Waals surface area (Å²) < 4.78 is 0. The summed E-state index contributed by atoms with van der Waals surface area (Å²) in [6.07, 6.45) is 24.7. The fraction of sp³-hybridized carbons (Fsp3) is 0.943. The Hall–Kier alpha value is -0.660. The smallest absolute Gasteiger partial charge is 0.0899 e. The lowest BCUT2D eigenvalue weighted by molar-refractivity contribution is -0.0196. The standard InChI is InChI=1S/C35H66N2/c1-9-26(10-2)30-19-17-20-31(27(11-3)12-4)34(30)36-23-24-37(25-36)35-32(28(13-5)14-6)21-18-22-33(35)29(15-7)16-8/h23-24,26-35H,9-22,25H2,1-8H3. The number of nitrogens with zero attached hydrogens (tertiary/aromatic N) is 2. The maximum absolute atomic E-state index is 2.90. The van der Waals surface area contributed by atoms with Crippen molar-refractivity contribution in [1.29, 1.82) is 0 Å². The summed E-state index contributed by atoms with van der Waals surface area (Å²) in [6.45, 7) is 20.8. The van der Waals surface area contributed by atoms with Crippen molar-refractivity contribution in [3.8, 4) is 0 Å². The average Bonchev–Trinajstić information content (AvgIpc) is 3.41. The molecule has 2 saturated carbocycles. The van der Waals surface area contributed by atoms with Crippen molar-refractivity contribution in [1.82, 2.24) is 9.80 Å². The quantitative estimate of drug-likeness (QED) is 0.227. The molecule has 216 valence electrons.